The zero-order valence-electron chi connectivity index (χ0n) is 15.7. The summed E-state index contributed by atoms with van der Waals surface area (Å²) in [6, 6.07) is 0.156. The zero-order chi connectivity index (χ0) is 18.2. The number of amides is 2. The minimum Gasteiger partial charge on any atom is -0.361 e. The largest absolute Gasteiger partial charge is 0.361 e. The van der Waals surface area contributed by atoms with Crippen molar-refractivity contribution in [1.82, 2.24) is 15.4 Å². The fraction of sp³-hybridized carbons (Fsp3) is 0.737. The lowest BCUT2D eigenvalue weighted by Gasteiger charge is -2.44. The third-order valence-electron chi connectivity index (χ3n) is 5.74. The number of rotatable bonds is 4. The lowest BCUT2D eigenvalue weighted by atomic mass is 9.77. The molecule has 1 aromatic rings. The second kappa shape index (κ2) is 6.81. The molecule has 0 unspecified atom stereocenters. The number of carbonyl (C=O) groups is 2. The summed E-state index contributed by atoms with van der Waals surface area (Å²) in [6.45, 7) is 8.71. The molecule has 0 atom stereocenters. The molecule has 2 fully saturated rings. The summed E-state index contributed by atoms with van der Waals surface area (Å²) in [7, 11) is 0. The van der Waals surface area contributed by atoms with Crippen molar-refractivity contribution in [3.63, 3.8) is 0 Å². The number of hydrogen-bond acceptors (Lipinski definition) is 4. The van der Waals surface area contributed by atoms with Crippen LogP contribution >= 0.6 is 0 Å². The summed E-state index contributed by atoms with van der Waals surface area (Å²) >= 11 is 0. The van der Waals surface area contributed by atoms with Crippen molar-refractivity contribution in [3.05, 3.63) is 17.0 Å². The van der Waals surface area contributed by atoms with E-state index in [0.717, 1.165) is 38.6 Å². The predicted octanol–water partition coefficient (Wildman–Crippen LogP) is 2.98. The van der Waals surface area contributed by atoms with Gasteiger partial charge in [0.1, 0.15) is 11.3 Å². The smallest absolute Gasteiger partial charge is 0.257 e. The highest BCUT2D eigenvalue weighted by Gasteiger charge is 2.47. The molecule has 25 heavy (non-hydrogen) atoms. The Morgan fingerprint density at radius 3 is 2.56 bits per heavy atom. The Bertz CT molecular complexity index is 637. The molecule has 6 heteroatoms. The van der Waals surface area contributed by atoms with E-state index in [1.54, 1.807) is 13.8 Å². The molecule has 1 saturated heterocycles. The Hall–Kier alpha value is -1.85. The van der Waals surface area contributed by atoms with Crippen LogP contribution in [0, 0.1) is 19.8 Å². The van der Waals surface area contributed by atoms with Crippen LogP contribution in [0.1, 0.15) is 74.2 Å². The molecular weight excluding hydrogens is 318 g/mol. The highest BCUT2D eigenvalue weighted by molar-refractivity contribution is 5.96. The Labute approximate surface area is 149 Å². The van der Waals surface area contributed by atoms with Gasteiger partial charge in [0.15, 0.2) is 0 Å². The average molecular weight is 347 g/mol. The van der Waals surface area contributed by atoms with Gasteiger partial charge in [0.25, 0.3) is 5.91 Å². The molecule has 1 aliphatic carbocycles. The quantitative estimate of drug-likeness (QED) is 0.908. The van der Waals surface area contributed by atoms with Crippen molar-refractivity contribution >= 4 is 11.8 Å². The van der Waals surface area contributed by atoms with E-state index >= 15 is 0 Å². The van der Waals surface area contributed by atoms with Crippen molar-refractivity contribution in [2.45, 2.75) is 77.8 Å². The second-order valence-corrected chi connectivity index (χ2v) is 8.07. The maximum atomic E-state index is 12.5. The average Bonchev–Trinajstić information content (AvgIpc) is 3.04. The van der Waals surface area contributed by atoms with Gasteiger partial charge in [-0.05, 0) is 51.9 Å². The molecular formula is C19H29N3O3. The Kier molecular flexibility index (Phi) is 4.89. The minimum atomic E-state index is -0.0984. The van der Waals surface area contributed by atoms with Gasteiger partial charge in [0.05, 0.1) is 5.69 Å². The molecule has 0 radical (unpaired) electrons. The minimum absolute atomic E-state index is 0.0195. The Balaban J connectivity index is 1.62. The van der Waals surface area contributed by atoms with Gasteiger partial charge in [-0.2, -0.15) is 0 Å². The number of nitrogens with one attached hydrogen (secondary N) is 1. The molecule has 1 saturated carbocycles. The summed E-state index contributed by atoms with van der Waals surface area (Å²) in [4.78, 5) is 27.0. The van der Waals surface area contributed by atoms with Gasteiger partial charge < -0.3 is 14.7 Å². The third-order valence-corrected chi connectivity index (χ3v) is 5.74. The summed E-state index contributed by atoms with van der Waals surface area (Å²) in [6.07, 6.45) is 5.40. The van der Waals surface area contributed by atoms with Gasteiger partial charge >= 0.3 is 0 Å². The monoisotopic (exact) mass is 347 g/mol. The maximum Gasteiger partial charge on any atom is 0.257 e. The number of nitrogens with zero attached hydrogens (tertiary/aromatic N) is 2. The lowest BCUT2D eigenvalue weighted by molar-refractivity contribution is -0.132. The normalized spacial score (nSPS) is 26.7. The third kappa shape index (κ3) is 3.44. The van der Waals surface area contributed by atoms with Gasteiger partial charge in [0, 0.05) is 24.5 Å². The van der Waals surface area contributed by atoms with E-state index in [-0.39, 0.29) is 17.5 Å². The molecule has 1 N–H and O–H groups in total. The highest BCUT2D eigenvalue weighted by Crippen LogP contribution is 2.42. The standard InChI is InChI=1S/C19H29N3O3/c1-12(2)11-22-16(23)7-10-19(22)8-5-15(6-9-19)20-18(24)17-13(3)21-25-14(17)4/h12,15H,5-11H2,1-4H3,(H,20,24). The van der Waals surface area contributed by atoms with E-state index in [9.17, 15) is 9.59 Å². The summed E-state index contributed by atoms with van der Waals surface area (Å²) in [5, 5.41) is 6.99. The molecule has 6 nitrogen and oxygen atoms in total. The van der Waals surface area contributed by atoms with Crippen LogP contribution in [0.3, 0.4) is 0 Å². The molecule has 2 aliphatic rings. The topological polar surface area (TPSA) is 75.4 Å². The first kappa shape index (κ1) is 18.0. The van der Waals surface area contributed by atoms with E-state index in [4.69, 9.17) is 4.52 Å². The van der Waals surface area contributed by atoms with Crippen molar-refractivity contribution in [2.75, 3.05) is 6.54 Å². The van der Waals surface area contributed by atoms with Crippen LogP contribution in [0.25, 0.3) is 0 Å². The molecule has 138 valence electrons. The number of aryl methyl sites for hydroxylation is 2. The molecule has 2 heterocycles. The van der Waals surface area contributed by atoms with Gasteiger partial charge in [-0.1, -0.05) is 19.0 Å². The number of likely N-dealkylation sites (tertiary alicyclic amines) is 1. The Morgan fingerprint density at radius 1 is 1.32 bits per heavy atom. The highest BCUT2D eigenvalue weighted by atomic mass is 16.5. The van der Waals surface area contributed by atoms with Gasteiger partial charge in [-0.15, -0.1) is 0 Å². The van der Waals surface area contributed by atoms with Crippen LogP contribution in [0.4, 0.5) is 0 Å². The van der Waals surface area contributed by atoms with Crippen LogP contribution in [0.15, 0.2) is 4.52 Å². The molecule has 3 rings (SSSR count). The zero-order valence-corrected chi connectivity index (χ0v) is 15.7. The van der Waals surface area contributed by atoms with Crippen molar-refractivity contribution in [3.8, 4) is 0 Å². The maximum absolute atomic E-state index is 12.5. The first-order valence-corrected chi connectivity index (χ1v) is 9.36. The number of hydrogen-bond donors (Lipinski definition) is 1. The van der Waals surface area contributed by atoms with Gasteiger partial charge in [0.2, 0.25) is 5.91 Å². The van der Waals surface area contributed by atoms with Crippen molar-refractivity contribution < 1.29 is 14.1 Å². The van der Waals surface area contributed by atoms with Crippen LogP contribution in [0.5, 0.6) is 0 Å². The van der Waals surface area contributed by atoms with Crippen LogP contribution in [-0.2, 0) is 4.79 Å². The Morgan fingerprint density at radius 2 is 2.00 bits per heavy atom. The summed E-state index contributed by atoms with van der Waals surface area (Å²) in [5.74, 6) is 1.24. The summed E-state index contributed by atoms with van der Waals surface area (Å²) in [5.41, 5.74) is 1.20. The van der Waals surface area contributed by atoms with E-state index in [1.165, 1.54) is 0 Å². The summed E-state index contributed by atoms with van der Waals surface area (Å²) < 4.78 is 5.09. The van der Waals surface area contributed by atoms with E-state index in [0.29, 0.717) is 35.3 Å². The van der Waals surface area contributed by atoms with Crippen LogP contribution < -0.4 is 5.32 Å². The predicted molar refractivity (Wildman–Crippen MR) is 94.2 cm³/mol. The molecule has 0 aromatic carbocycles. The fourth-order valence-electron chi connectivity index (χ4n) is 4.42. The van der Waals surface area contributed by atoms with E-state index in [1.807, 2.05) is 0 Å². The molecule has 0 bridgehead atoms. The van der Waals surface area contributed by atoms with E-state index in [2.05, 4.69) is 29.2 Å². The van der Waals surface area contributed by atoms with Crippen LogP contribution in [0.2, 0.25) is 0 Å². The first-order chi connectivity index (χ1) is 11.8. The molecule has 2 amide bonds. The lowest BCUT2D eigenvalue weighted by Crippen LogP contribution is -2.52. The van der Waals surface area contributed by atoms with Crippen molar-refractivity contribution in [2.24, 2.45) is 5.92 Å². The number of aromatic nitrogens is 1. The van der Waals surface area contributed by atoms with Crippen molar-refractivity contribution in [1.29, 1.82) is 0 Å². The number of carbonyl (C=O) groups excluding carboxylic acids is 2. The molecule has 1 aromatic heterocycles. The van der Waals surface area contributed by atoms with Crippen LogP contribution in [-0.4, -0.2) is 40.0 Å². The van der Waals surface area contributed by atoms with Gasteiger partial charge in [-0.25, -0.2) is 0 Å². The molecule has 1 aliphatic heterocycles. The molecule has 1 spiro atoms. The first-order valence-electron chi connectivity index (χ1n) is 9.36. The van der Waals surface area contributed by atoms with E-state index < -0.39 is 0 Å². The van der Waals surface area contributed by atoms with Gasteiger partial charge in [-0.3, -0.25) is 9.59 Å². The SMILES string of the molecule is Cc1noc(C)c1C(=O)NC1CCC2(CCC(=O)N2CC(C)C)CC1. The fourth-order valence-corrected chi connectivity index (χ4v) is 4.42. The second-order valence-electron chi connectivity index (χ2n) is 8.07.